The van der Waals surface area contributed by atoms with E-state index < -0.39 is 11.9 Å². The van der Waals surface area contributed by atoms with Gasteiger partial charge in [0.15, 0.2) is 0 Å². The average Bonchev–Trinajstić information content (AvgIpc) is 2.52. The quantitative estimate of drug-likeness (QED) is 0.825. The molecule has 24 heavy (non-hydrogen) atoms. The van der Waals surface area contributed by atoms with Crippen molar-refractivity contribution >= 4 is 17.5 Å². The molecule has 2 rings (SSSR count). The summed E-state index contributed by atoms with van der Waals surface area (Å²) < 4.78 is 13.4. The highest BCUT2D eigenvalue weighted by atomic mass is 35.5. The first-order chi connectivity index (χ1) is 11.4. The number of halogens is 2. The maximum atomic E-state index is 13.4. The monoisotopic (exact) mass is 348 g/mol. The topological polar surface area (TPSA) is 55.1 Å². The van der Waals surface area contributed by atoms with E-state index in [-0.39, 0.29) is 17.0 Å². The van der Waals surface area contributed by atoms with Gasteiger partial charge < -0.3 is 11.1 Å². The minimum atomic E-state index is -0.431. The molecular formula is C19H22ClFN2O. The number of carbonyl (C=O) groups is 1. The molecule has 5 heteroatoms. The number of nitrogens with one attached hydrogen (secondary N) is 1. The van der Waals surface area contributed by atoms with Gasteiger partial charge in [-0.25, -0.2) is 4.39 Å². The first kappa shape index (κ1) is 18.4. The molecule has 3 N–H and O–H groups in total. The van der Waals surface area contributed by atoms with Gasteiger partial charge in [-0.1, -0.05) is 47.5 Å². The third-order valence-electron chi connectivity index (χ3n) is 3.82. The molecule has 0 aliphatic rings. The molecule has 2 unspecified atom stereocenters. The first-order valence-electron chi connectivity index (χ1n) is 7.93. The van der Waals surface area contributed by atoms with Crippen LogP contribution in [0.15, 0.2) is 42.5 Å². The minimum absolute atomic E-state index is 0.0389. The van der Waals surface area contributed by atoms with E-state index in [4.69, 9.17) is 17.3 Å². The summed E-state index contributed by atoms with van der Waals surface area (Å²) in [5.41, 5.74) is 8.38. The Balaban J connectivity index is 2.30. The van der Waals surface area contributed by atoms with Crippen LogP contribution in [-0.4, -0.2) is 11.9 Å². The number of hydrogen-bond donors (Lipinski definition) is 2. The molecule has 0 aromatic heterocycles. The lowest BCUT2D eigenvalue weighted by Gasteiger charge is -2.21. The Morgan fingerprint density at radius 2 is 1.92 bits per heavy atom. The Kier molecular flexibility index (Phi) is 6.35. The predicted molar refractivity (Wildman–Crippen MR) is 95.5 cm³/mol. The zero-order chi connectivity index (χ0) is 17.7. The van der Waals surface area contributed by atoms with E-state index in [1.165, 1.54) is 12.1 Å². The zero-order valence-corrected chi connectivity index (χ0v) is 14.6. The molecular weight excluding hydrogens is 327 g/mol. The van der Waals surface area contributed by atoms with Gasteiger partial charge in [-0.15, -0.1) is 0 Å². The Labute approximate surface area is 147 Å². The highest BCUT2D eigenvalue weighted by molar-refractivity contribution is 6.31. The molecule has 2 aromatic rings. The average molecular weight is 349 g/mol. The fourth-order valence-electron chi connectivity index (χ4n) is 2.43. The second kappa shape index (κ2) is 8.27. The van der Waals surface area contributed by atoms with E-state index in [1.54, 1.807) is 6.07 Å². The summed E-state index contributed by atoms with van der Waals surface area (Å²) in [6, 6.07) is 11.5. The molecule has 0 aliphatic heterocycles. The number of amides is 1. The number of carbonyl (C=O) groups excluding carboxylic acids is 1. The zero-order valence-electron chi connectivity index (χ0n) is 13.9. The molecule has 128 valence electrons. The van der Waals surface area contributed by atoms with E-state index in [1.807, 2.05) is 38.1 Å². The van der Waals surface area contributed by atoms with Gasteiger partial charge in [-0.05, 0) is 43.5 Å². The Bertz CT molecular complexity index is 701. The molecule has 0 aliphatic carbocycles. The van der Waals surface area contributed by atoms with Crippen molar-refractivity contribution in [2.45, 2.75) is 38.8 Å². The number of benzene rings is 2. The van der Waals surface area contributed by atoms with Crippen LogP contribution in [0, 0.1) is 12.7 Å². The highest BCUT2D eigenvalue weighted by Crippen LogP contribution is 2.29. The summed E-state index contributed by atoms with van der Waals surface area (Å²) in [4.78, 5) is 12.3. The molecule has 0 heterocycles. The van der Waals surface area contributed by atoms with Gasteiger partial charge in [0.25, 0.3) is 0 Å². The standard InChI is InChI=1S/C19H22ClFN2O/c1-12-3-6-14(7-4-12)19(23-18(24)10-5-13(2)22)16-9-8-15(21)11-17(16)20/h3-4,6-9,11,13,19H,5,10,22H2,1-2H3,(H,23,24). The van der Waals surface area contributed by atoms with Crippen molar-refractivity contribution in [1.82, 2.24) is 5.32 Å². The van der Waals surface area contributed by atoms with Crippen molar-refractivity contribution in [3.63, 3.8) is 0 Å². The van der Waals surface area contributed by atoms with Crippen molar-refractivity contribution in [2.75, 3.05) is 0 Å². The molecule has 0 spiro atoms. The summed E-state index contributed by atoms with van der Waals surface area (Å²) in [7, 11) is 0. The number of hydrogen-bond acceptors (Lipinski definition) is 2. The fraction of sp³-hybridized carbons (Fsp3) is 0.316. The van der Waals surface area contributed by atoms with Gasteiger partial charge >= 0.3 is 0 Å². The second-order valence-electron chi connectivity index (χ2n) is 6.09. The van der Waals surface area contributed by atoms with Gasteiger partial charge in [0.05, 0.1) is 6.04 Å². The minimum Gasteiger partial charge on any atom is -0.345 e. The molecule has 0 bridgehead atoms. The van der Waals surface area contributed by atoms with Crippen molar-refractivity contribution in [3.05, 3.63) is 70.0 Å². The largest absolute Gasteiger partial charge is 0.345 e. The van der Waals surface area contributed by atoms with Crippen LogP contribution in [0.3, 0.4) is 0 Å². The van der Waals surface area contributed by atoms with E-state index >= 15 is 0 Å². The molecule has 2 aromatic carbocycles. The maximum absolute atomic E-state index is 13.4. The molecule has 1 amide bonds. The SMILES string of the molecule is Cc1ccc(C(NC(=O)CCC(C)N)c2ccc(F)cc2Cl)cc1. The molecule has 0 fully saturated rings. The lowest BCUT2D eigenvalue weighted by atomic mass is 9.97. The third-order valence-corrected chi connectivity index (χ3v) is 4.14. The summed E-state index contributed by atoms with van der Waals surface area (Å²) in [6.07, 6.45) is 0.933. The van der Waals surface area contributed by atoms with Crippen LogP contribution < -0.4 is 11.1 Å². The van der Waals surface area contributed by atoms with Crippen LogP contribution in [0.2, 0.25) is 5.02 Å². The van der Waals surface area contributed by atoms with Crippen molar-refractivity contribution < 1.29 is 9.18 Å². The Morgan fingerprint density at radius 3 is 2.50 bits per heavy atom. The molecule has 3 nitrogen and oxygen atoms in total. The second-order valence-corrected chi connectivity index (χ2v) is 6.50. The van der Waals surface area contributed by atoms with Gasteiger partial charge in [0, 0.05) is 17.5 Å². The summed E-state index contributed by atoms with van der Waals surface area (Å²) in [6.45, 7) is 3.85. The van der Waals surface area contributed by atoms with E-state index in [9.17, 15) is 9.18 Å². The summed E-state index contributed by atoms with van der Waals surface area (Å²) in [5, 5.41) is 3.27. The van der Waals surface area contributed by atoms with Crippen LogP contribution in [0.5, 0.6) is 0 Å². The number of aryl methyl sites for hydroxylation is 1. The number of nitrogens with two attached hydrogens (primary N) is 1. The summed E-state index contributed by atoms with van der Waals surface area (Å²) in [5.74, 6) is -0.520. The molecule has 2 atom stereocenters. The van der Waals surface area contributed by atoms with Crippen LogP contribution >= 0.6 is 11.6 Å². The smallest absolute Gasteiger partial charge is 0.220 e. The predicted octanol–water partition coefficient (Wildman–Crippen LogP) is 4.12. The lowest BCUT2D eigenvalue weighted by Crippen LogP contribution is -2.30. The van der Waals surface area contributed by atoms with Gasteiger partial charge in [-0.3, -0.25) is 4.79 Å². The van der Waals surface area contributed by atoms with Crippen LogP contribution in [0.25, 0.3) is 0 Å². The number of rotatable bonds is 6. The molecule has 0 saturated carbocycles. The summed E-state index contributed by atoms with van der Waals surface area (Å²) >= 11 is 6.21. The van der Waals surface area contributed by atoms with Crippen LogP contribution in [-0.2, 0) is 4.79 Å². The van der Waals surface area contributed by atoms with Gasteiger partial charge in [0.1, 0.15) is 5.82 Å². The van der Waals surface area contributed by atoms with E-state index in [0.717, 1.165) is 11.1 Å². The highest BCUT2D eigenvalue weighted by Gasteiger charge is 2.20. The van der Waals surface area contributed by atoms with Crippen molar-refractivity contribution in [3.8, 4) is 0 Å². The first-order valence-corrected chi connectivity index (χ1v) is 8.31. The fourth-order valence-corrected chi connectivity index (χ4v) is 2.70. The van der Waals surface area contributed by atoms with Gasteiger partial charge in [-0.2, -0.15) is 0 Å². The maximum Gasteiger partial charge on any atom is 0.220 e. The third kappa shape index (κ3) is 5.05. The van der Waals surface area contributed by atoms with Crippen LogP contribution in [0.4, 0.5) is 4.39 Å². The lowest BCUT2D eigenvalue weighted by molar-refractivity contribution is -0.121. The Morgan fingerprint density at radius 1 is 1.25 bits per heavy atom. The van der Waals surface area contributed by atoms with Gasteiger partial charge in [0.2, 0.25) is 5.91 Å². The molecule has 0 saturated heterocycles. The normalized spacial score (nSPS) is 13.4. The van der Waals surface area contributed by atoms with E-state index in [2.05, 4.69) is 5.32 Å². The van der Waals surface area contributed by atoms with E-state index in [0.29, 0.717) is 18.4 Å². The Hall–Kier alpha value is -1.91. The van der Waals surface area contributed by atoms with Crippen molar-refractivity contribution in [2.24, 2.45) is 5.73 Å². The molecule has 0 radical (unpaired) electrons. The van der Waals surface area contributed by atoms with Crippen LogP contribution in [0.1, 0.15) is 42.5 Å². The van der Waals surface area contributed by atoms with Crippen molar-refractivity contribution in [1.29, 1.82) is 0 Å².